The van der Waals surface area contributed by atoms with Crippen molar-refractivity contribution in [2.75, 3.05) is 0 Å². The fourth-order valence-electron chi connectivity index (χ4n) is 1.02. The summed E-state index contributed by atoms with van der Waals surface area (Å²) in [5, 5.41) is 7.56. The lowest BCUT2D eigenvalue weighted by Gasteiger charge is -1.91. The highest BCUT2D eigenvalue weighted by molar-refractivity contribution is 7.20. The fourth-order valence-corrected chi connectivity index (χ4v) is 2.73. The number of rotatable bonds is 2. The molecule has 0 aliphatic heterocycles. The number of hydrogen-bond donors (Lipinski definition) is 0. The van der Waals surface area contributed by atoms with E-state index in [1.807, 2.05) is 29.0 Å². The van der Waals surface area contributed by atoms with Gasteiger partial charge < -0.3 is 0 Å². The molecule has 0 aliphatic rings. The monoisotopic (exact) mass is 207 g/mol. The third-order valence-corrected chi connectivity index (χ3v) is 3.50. The predicted molar refractivity (Wildman–Crippen MR) is 56.4 cm³/mol. The lowest BCUT2D eigenvalue weighted by atomic mass is 10.3. The minimum atomic E-state index is 0.718. The Balaban J connectivity index is 2.52. The molecule has 0 amide bonds. The molecule has 0 saturated heterocycles. The van der Waals surface area contributed by atoms with Gasteiger partial charge in [0.2, 0.25) is 0 Å². The summed E-state index contributed by atoms with van der Waals surface area (Å²) in [6.07, 6.45) is 0. The van der Waals surface area contributed by atoms with Gasteiger partial charge in [0, 0.05) is 9.79 Å². The largest absolute Gasteiger partial charge is 0.143 e. The second kappa shape index (κ2) is 3.62. The van der Waals surface area contributed by atoms with E-state index in [0.29, 0.717) is 0 Å². The summed E-state index contributed by atoms with van der Waals surface area (Å²) < 4.78 is 0. The molecule has 0 saturated carbocycles. The van der Waals surface area contributed by atoms with Crippen LogP contribution in [0.1, 0.15) is 0 Å². The van der Waals surface area contributed by atoms with E-state index < -0.39 is 0 Å². The van der Waals surface area contributed by atoms with Crippen molar-refractivity contribution < 1.29 is 0 Å². The average molecular weight is 207 g/mol. The van der Waals surface area contributed by atoms with Crippen LogP contribution in [-0.2, 0) is 0 Å². The van der Waals surface area contributed by atoms with Gasteiger partial charge in [-0.25, -0.2) is 0 Å². The number of azide groups is 1. The van der Waals surface area contributed by atoms with Crippen molar-refractivity contribution in [3.05, 3.63) is 39.4 Å². The van der Waals surface area contributed by atoms with Gasteiger partial charge in [0.05, 0.1) is 10.6 Å². The molecular formula is C8H5N3S2. The van der Waals surface area contributed by atoms with E-state index in [4.69, 9.17) is 5.53 Å². The number of nitrogens with zero attached hydrogens (tertiary/aromatic N) is 3. The van der Waals surface area contributed by atoms with E-state index in [-0.39, 0.29) is 0 Å². The van der Waals surface area contributed by atoms with E-state index in [0.717, 1.165) is 15.4 Å². The molecule has 0 bridgehead atoms. The number of hydrogen-bond acceptors (Lipinski definition) is 3. The van der Waals surface area contributed by atoms with Gasteiger partial charge in [-0.2, -0.15) is 0 Å². The molecule has 3 nitrogen and oxygen atoms in total. The summed E-state index contributed by atoms with van der Waals surface area (Å²) in [6, 6.07) is 5.84. The van der Waals surface area contributed by atoms with Crippen molar-refractivity contribution in [3.63, 3.8) is 0 Å². The smallest absolute Gasteiger partial charge is 0.0569 e. The zero-order valence-electron chi connectivity index (χ0n) is 6.54. The van der Waals surface area contributed by atoms with Crippen LogP contribution in [0, 0.1) is 0 Å². The lowest BCUT2D eigenvalue weighted by Crippen LogP contribution is -1.60. The molecule has 2 aromatic heterocycles. The molecular weight excluding hydrogens is 202 g/mol. The molecule has 2 rings (SSSR count). The van der Waals surface area contributed by atoms with Crippen molar-refractivity contribution in [2.24, 2.45) is 5.11 Å². The van der Waals surface area contributed by atoms with Gasteiger partial charge in [-0.1, -0.05) is 11.2 Å². The summed E-state index contributed by atoms with van der Waals surface area (Å²) in [6.45, 7) is 0. The summed E-state index contributed by atoms with van der Waals surface area (Å²) in [4.78, 5) is 4.98. The molecule has 2 aromatic rings. The summed E-state index contributed by atoms with van der Waals surface area (Å²) in [5.74, 6) is 0. The van der Waals surface area contributed by atoms with Crippen LogP contribution in [0.3, 0.4) is 0 Å². The van der Waals surface area contributed by atoms with Gasteiger partial charge >= 0.3 is 0 Å². The van der Waals surface area contributed by atoms with Crippen LogP contribution >= 0.6 is 22.7 Å². The molecule has 5 heteroatoms. The molecule has 0 aromatic carbocycles. The topological polar surface area (TPSA) is 48.8 Å². The zero-order valence-corrected chi connectivity index (χ0v) is 8.18. The highest BCUT2D eigenvalue weighted by atomic mass is 32.1. The third kappa shape index (κ3) is 1.58. The fraction of sp³-hybridized carbons (Fsp3) is 0. The van der Waals surface area contributed by atoms with E-state index in [2.05, 4.69) is 10.0 Å². The van der Waals surface area contributed by atoms with Crippen LogP contribution in [0.15, 0.2) is 34.1 Å². The molecule has 2 heterocycles. The second-order valence-corrected chi connectivity index (χ2v) is 4.17. The molecule has 64 valence electrons. The molecule has 0 aliphatic carbocycles. The summed E-state index contributed by atoms with van der Waals surface area (Å²) in [5.41, 5.74) is 9.04. The number of thiophene rings is 2. The normalized spacial score (nSPS) is 9.54. The van der Waals surface area contributed by atoms with Crippen molar-refractivity contribution in [1.82, 2.24) is 0 Å². The van der Waals surface area contributed by atoms with E-state index in [1.54, 1.807) is 22.7 Å². The molecule has 0 atom stereocenters. The highest BCUT2D eigenvalue weighted by Crippen LogP contribution is 2.38. The van der Waals surface area contributed by atoms with Gasteiger partial charge in [0.1, 0.15) is 0 Å². The average Bonchev–Trinajstić information content (AvgIpc) is 2.71. The molecule has 13 heavy (non-hydrogen) atoms. The Kier molecular flexibility index (Phi) is 2.31. The molecule has 0 radical (unpaired) electrons. The Bertz CT molecular complexity index is 438. The molecule has 0 spiro atoms. The van der Waals surface area contributed by atoms with Crippen molar-refractivity contribution in [3.8, 4) is 9.75 Å². The van der Waals surface area contributed by atoms with Crippen LogP contribution in [0.5, 0.6) is 0 Å². The van der Waals surface area contributed by atoms with Crippen molar-refractivity contribution >= 4 is 28.4 Å². The van der Waals surface area contributed by atoms with E-state index >= 15 is 0 Å². The summed E-state index contributed by atoms with van der Waals surface area (Å²) in [7, 11) is 0. The van der Waals surface area contributed by atoms with Gasteiger partial charge in [0.25, 0.3) is 0 Å². The zero-order chi connectivity index (χ0) is 9.10. The first-order chi connectivity index (χ1) is 6.42. The predicted octanol–water partition coefficient (Wildman–Crippen LogP) is 4.42. The first-order valence-corrected chi connectivity index (χ1v) is 5.34. The Morgan fingerprint density at radius 1 is 1.23 bits per heavy atom. The Morgan fingerprint density at radius 3 is 2.85 bits per heavy atom. The van der Waals surface area contributed by atoms with Crippen molar-refractivity contribution in [1.29, 1.82) is 0 Å². The van der Waals surface area contributed by atoms with Crippen LogP contribution in [0.25, 0.3) is 20.2 Å². The third-order valence-electron chi connectivity index (χ3n) is 1.54. The van der Waals surface area contributed by atoms with Gasteiger partial charge in [-0.3, -0.25) is 0 Å². The molecule has 0 fully saturated rings. The quantitative estimate of drug-likeness (QED) is 0.397. The SMILES string of the molecule is [N-]=[N+]=Nc1ccsc1-c1cccs1. The Hall–Kier alpha value is -1.29. The van der Waals surface area contributed by atoms with Crippen LogP contribution in [-0.4, -0.2) is 0 Å². The minimum absolute atomic E-state index is 0.718. The van der Waals surface area contributed by atoms with Crippen LogP contribution < -0.4 is 0 Å². The lowest BCUT2D eigenvalue weighted by molar-refractivity contribution is 1.53. The van der Waals surface area contributed by atoms with Crippen LogP contribution in [0.4, 0.5) is 5.69 Å². The first kappa shape index (κ1) is 8.31. The molecule has 0 unspecified atom stereocenters. The first-order valence-electron chi connectivity index (χ1n) is 3.58. The highest BCUT2D eigenvalue weighted by Gasteiger charge is 2.05. The van der Waals surface area contributed by atoms with E-state index in [9.17, 15) is 0 Å². The standard InChI is InChI=1S/C8H5N3S2/c9-11-10-6-3-5-13-8(6)7-2-1-4-12-7/h1-5H. The van der Waals surface area contributed by atoms with Crippen molar-refractivity contribution in [2.45, 2.75) is 0 Å². The Morgan fingerprint density at radius 2 is 2.15 bits per heavy atom. The maximum absolute atomic E-state index is 8.33. The van der Waals surface area contributed by atoms with Gasteiger partial charge in [0.15, 0.2) is 0 Å². The maximum atomic E-state index is 8.33. The van der Waals surface area contributed by atoms with E-state index in [1.165, 1.54) is 0 Å². The molecule has 0 N–H and O–H groups in total. The second-order valence-electron chi connectivity index (χ2n) is 2.30. The maximum Gasteiger partial charge on any atom is 0.0569 e. The van der Waals surface area contributed by atoms with Crippen LogP contribution in [0.2, 0.25) is 0 Å². The van der Waals surface area contributed by atoms with Gasteiger partial charge in [-0.15, -0.1) is 22.7 Å². The minimum Gasteiger partial charge on any atom is -0.143 e. The summed E-state index contributed by atoms with van der Waals surface area (Å²) >= 11 is 3.24. The van der Waals surface area contributed by atoms with Gasteiger partial charge in [-0.05, 0) is 28.4 Å². The Labute approximate surface area is 82.9 Å².